The molecular formula is C58H107NO18. The Kier molecular flexibility index (Phi) is 38.1. The molecule has 3 aliphatic rings. The molecule has 0 bridgehead atoms. The third-order valence-corrected chi connectivity index (χ3v) is 15.3. The van der Waals surface area contributed by atoms with Crippen LogP contribution in [0.4, 0.5) is 0 Å². The molecule has 3 fully saturated rings. The Morgan fingerprint density at radius 1 is 0.455 bits per heavy atom. The number of aliphatic hydroxyl groups is 11. The molecule has 1 amide bonds. The second kappa shape index (κ2) is 42.1. The fourth-order valence-electron chi connectivity index (χ4n) is 10.3. The predicted octanol–water partition coefficient (Wildman–Crippen LogP) is 5.15. The highest BCUT2D eigenvalue weighted by Gasteiger charge is 2.53. The first-order chi connectivity index (χ1) is 37.3. The number of aliphatic hydroxyl groups excluding tert-OH is 11. The first-order valence-corrected chi connectivity index (χ1v) is 30.1. The summed E-state index contributed by atoms with van der Waals surface area (Å²) in [6.45, 7) is 1.70. The van der Waals surface area contributed by atoms with Gasteiger partial charge < -0.3 is 89.9 Å². The first kappa shape index (κ1) is 69.5. The Morgan fingerprint density at radius 2 is 0.831 bits per heavy atom. The third-order valence-electron chi connectivity index (χ3n) is 15.3. The van der Waals surface area contributed by atoms with Crippen LogP contribution < -0.4 is 5.32 Å². The topological polar surface area (TPSA) is 307 Å². The molecule has 3 heterocycles. The third kappa shape index (κ3) is 26.4. The van der Waals surface area contributed by atoms with Gasteiger partial charge in [0.2, 0.25) is 5.91 Å². The molecule has 77 heavy (non-hydrogen) atoms. The largest absolute Gasteiger partial charge is 0.394 e. The van der Waals surface area contributed by atoms with E-state index in [1.54, 1.807) is 6.08 Å². The van der Waals surface area contributed by atoms with E-state index in [-0.39, 0.29) is 18.9 Å². The van der Waals surface area contributed by atoms with E-state index in [9.17, 15) is 61.0 Å². The summed E-state index contributed by atoms with van der Waals surface area (Å²) in [4.78, 5) is 13.3. The fraction of sp³-hybridized carbons (Fsp3) is 0.914. The van der Waals surface area contributed by atoms with E-state index in [0.717, 1.165) is 38.5 Å². The number of nitrogens with one attached hydrogen (secondary N) is 1. The van der Waals surface area contributed by atoms with Crippen LogP contribution in [0.2, 0.25) is 0 Å². The Morgan fingerprint density at radius 3 is 1.30 bits per heavy atom. The first-order valence-electron chi connectivity index (χ1n) is 30.1. The van der Waals surface area contributed by atoms with Gasteiger partial charge in [-0.3, -0.25) is 4.79 Å². The molecule has 0 aliphatic carbocycles. The molecule has 3 aliphatic heterocycles. The normalized spacial score (nSPS) is 30.8. The summed E-state index contributed by atoms with van der Waals surface area (Å²) in [5.41, 5.74) is 0. The number of carbonyl (C=O) groups excluding carboxylic acids is 1. The lowest BCUT2D eigenvalue weighted by atomic mass is 9.96. The smallest absolute Gasteiger partial charge is 0.220 e. The Hall–Kier alpha value is -1.73. The number of unbranched alkanes of at least 4 members (excludes halogenated alkanes) is 26. The molecule has 19 heteroatoms. The Balaban J connectivity index is 1.52. The molecular weight excluding hydrogens is 999 g/mol. The van der Waals surface area contributed by atoms with Gasteiger partial charge in [0.1, 0.15) is 73.2 Å². The van der Waals surface area contributed by atoms with Crippen molar-refractivity contribution < 1.29 is 89.4 Å². The molecule has 452 valence electrons. The van der Waals surface area contributed by atoms with Gasteiger partial charge in [0.15, 0.2) is 18.9 Å². The van der Waals surface area contributed by atoms with E-state index >= 15 is 0 Å². The van der Waals surface area contributed by atoms with Crippen molar-refractivity contribution in [3.8, 4) is 0 Å². The maximum Gasteiger partial charge on any atom is 0.220 e. The average Bonchev–Trinajstić information content (AvgIpc) is 3.42. The van der Waals surface area contributed by atoms with Crippen LogP contribution in [0.15, 0.2) is 24.3 Å². The maximum absolute atomic E-state index is 13.3. The van der Waals surface area contributed by atoms with Crippen LogP contribution in [0.5, 0.6) is 0 Å². The average molecular weight is 1110 g/mol. The lowest BCUT2D eigenvalue weighted by molar-refractivity contribution is -0.379. The lowest BCUT2D eigenvalue weighted by Crippen LogP contribution is -2.66. The minimum absolute atomic E-state index is 0.240. The Bertz CT molecular complexity index is 1510. The van der Waals surface area contributed by atoms with Crippen LogP contribution in [-0.4, -0.2) is 193 Å². The molecule has 19 nitrogen and oxygen atoms in total. The number of hydrogen-bond donors (Lipinski definition) is 12. The van der Waals surface area contributed by atoms with Crippen molar-refractivity contribution in [3.05, 3.63) is 24.3 Å². The quantitative estimate of drug-likeness (QED) is 0.0277. The number of allylic oxidation sites excluding steroid dienone is 3. The standard InChI is InChI=1S/C58H107NO18/c1-3-5-7-9-11-13-15-17-19-20-22-23-25-27-29-31-33-35-42(63)41(59-46(64)36-34-32-30-28-26-24-21-18-16-14-12-10-8-6-4-2)40-72-56-52(70)49(67)54(44(38-61)74-56)77-58-53(71)50(68)55(45(39-62)75-58)76-57-51(69)48(66)47(65)43(37-60)73-57/h25,27,33,35,41-45,47-58,60-63,65-71H,3-24,26,28-32,34,36-40H2,1-2H3,(H,59,64)/b27-25+,35-33+. The highest BCUT2D eigenvalue weighted by atomic mass is 16.8. The van der Waals surface area contributed by atoms with Crippen LogP contribution in [0.3, 0.4) is 0 Å². The number of carbonyl (C=O) groups is 1. The van der Waals surface area contributed by atoms with Crippen molar-refractivity contribution in [2.75, 3.05) is 26.4 Å². The van der Waals surface area contributed by atoms with Crippen molar-refractivity contribution in [3.63, 3.8) is 0 Å². The van der Waals surface area contributed by atoms with Crippen LogP contribution in [0.25, 0.3) is 0 Å². The molecule has 3 saturated heterocycles. The monoisotopic (exact) mass is 1110 g/mol. The Labute approximate surface area is 460 Å². The molecule has 0 spiro atoms. The maximum atomic E-state index is 13.3. The van der Waals surface area contributed by atoms with E-state index in [2.05, 4.69) is 31.3 Å². The van der Waals surface area contributed by atoms with E-state index < -0.39 is 124 Å². The summed E-state index contributed by atoms with van der Waals surface area (Å²) in [5, 5.41) is 120. The molecule has 17 unspecified atom stereocenters. The van der Waals surface area contributed by atoms with Crippen LogP contribution in [-0.2, 0) is 33.2 Å². The zero-order valence-corrected chi connectivity index (χ0v) is 46.9. The number of rotatable bonds is 44. The minimum Gasteiger partial charge on any atom is -0.394 e. The lowest BCUT2D eigenvalue weighted by Gasteiger charge is -2.48. The van der Waals surface area contributed by atoms with Gasteiger partial charge in [-0.25, -0.2) is 0 Å². The fourth-order valence-corrected chi connectivity index (χ4v) is 10.3. The second-order valence-corrected chi connectivity index (χ2v) is 21.8. The zero-order valence-electron chi connectivity index (χ0n) is 46.9. The summed E-state index contributed by atoms with van der Waals surface area (Å²) in [7, 11) is 0. The van der Waals surface area contributed by atoms with Gasteiger partial charge in [-0.15, -0.1) is 0 Å². The van der Waals surface area contributed by atoms with Gasteiger partial charge in [0, 0.05) is 6.42 Å². The van der Waals surface area contributed by atoms with Crippen molar-refractivity contribution in [2.24, 2.45) is 0 Å². The molecule has 17 atom stereocenters. The van der Waals surface area contributed by atoms with Crippen LogP contribution in [0, 0.1) is 0 Å². The summed E-state index contributed by atoms with van der Waals surface area (Å²) < 4.78 is 34.2. The summed E-state index contributed by atoms with van der Waals surface area (Å²) >= 11 is 0. The second-order valence-electron chi connectivity index (χ2n) is 21.8. The van der Waals surface area contributed by atoms with Gasteiger partial charge in [-0.2, -0.15) is 0 Å². The van der Waals surface area contributed by atoms with E-state index in [1.165, 1.54) is 135 Å². The van der Waals surface area contributed by atoms with Gasteiger partial charge in [-0.05, 0) is 32.1 Å². The van der Waals surface area contributed by atoms with Crippen LogP contribution in [0.1, 0.15) is 206 Å². The molecule has 0 aromatic rings. The van der Waals surface area contributed by atoms with Gasteiger partial charge in [-0.1, -0.05) is 192 Å². The SMILES string of the molecule is CCCCCCCCCCCCC/C=C/CC/C=C/C(O)C(COC1OC(CO)C(OC2OC(CO)C(OC3OC(CO)C(O)C(O)C3O)C(O)C2O)C(O)C1O)NC(=O)CCCCCCCCCCCCCCCCC. The van der Waals surface area contributed by atoms with Crippen molar-refractivity contribution >= 4 is 5.91 Å². The van der Waals surface area contributed by atoms with Gasteiger partial charge in [0.05, 0.1) is 38.6 Å². The summed E-state index contributed by atoms with van der Waals surface area (Å²) in [5.74, 6) is -0.284. The van der Waals surface area contributed by atoms with E-state index in [0.29, 0.717) is 12.8 Å². The highest BCUT2D eigenvalue weighted by Crippen LogP contribution is 2.33. The molecule has 0 saturated carbocycles. The number of amides is 1. The molecule has 12 N–H and O–H groups in total. The van der Waals surface area contributed by atoms with Gasteiger partial charge in [0.25, 0.3) is 0 Å². The molecule has 3 rings (SSSR count). The van der Waals surface area contributed by atoms with Crippen molar-refractivity contribution in [1.82, 2.24) is 5.32 Å². The predicted molar refractivity (Wildman–Crippen MR) is 291 cm³/mol. The van der Waals surface area contributed by atoms with E-state index in [1.807, 2.05) is 6.08 Å². The van der Waals surface area contributed by atoms with Gasteiger partial charge >= 0.3 is 0 Å². The van der Waals surface area contributed by atoms with Crippen molar-refractivity contribution in [2.45, 2.75) is 311 Å². The number of ether oxygens (including phenoxy) is 6. The summed E-state index contributed by atoms with van der Waals surface area (Å²) in [6, 6.07) is -0.984. The molecule has 0 aromatic heterocycles. The highest BCUT2D eigenvalue weighted by molar-refractivity contribution is 5.76. The van der Waals surface area contributed by atoms with Crippen molar-refractivity contribution in [1.29, 1.82) is 0 Å². The zero-order chi connectivity index (χ0) is 56.2. The molecule has 0 radical (unpaired) electrons. The van der Waals surface area contributed by atoms with E-state index in [4.69, 9.17) is 28.4 Å². The summed E-state index contributed by atoms with van der Waals surface area (Å²) in [6.07, 6.45) is 15.9. The van der Waals surface area contributed by atoms with Crippen LogP contribution >= 0.6 is 0 Å². The number of hydrogen-bond acceptors (Lipinski definition) is 18. The minimum atomic E-state index is -1.98. The molecule has 0 aromatic carbocycles.